The van der Waals surface area contributed by atoms with Crippen molar-refractivity contribution in [3.63, 3.8) is 0 Å². The molecule has 1 atom stereocenters. The van der Waals surface area contributed by atoms with Gasteiger partial charge in [0.2, 0.25) is 5.95 Å². The highest BCUT2D eigenvalue weighted by atomic mass is 16.3. The Labute approximate surface area is 175 Å². The number of nitrogens with zero attached hydrogens (tertiary/aromatic N) is 3. The Hall–Kier alpha value is -3.22. The molecule has 0 saturated heterocycles. The van der Waals surface area contributed by atoms with E-state index < -0.39 is 6.10 Å². The summed E-state index contributed by atoms with van der Waals surface area (Å²) >= 11 is 0. The van der Waals surface area contributed by atoms with Crippen molar-refractivity contribution in [3.05, 3.63) is 83.2 Å². The summed E-state index contributed by atoms with van der Waals surface area (Å²) in [5.74, 6) is 1.45. The summed E-state index contributed by atoms with van der Waals surface area (Å²) in [5.41, 5.74) is 5.17. The molecule has 1 aliphatic heterocycles. The number of benzene rings is 2. The van der Waals surface area contributed by atoms with E-state index in [1.165, 1.54) is 5.56 Å². The third-order valence-corrected chi connectivity index (χ3v) is 5.59. The number of rotatable bonds is 5. The van der Waals surface area contributed by atoms with Gasteiger partial charge in [-0.2, -0.15) is 4.98 Å². The predicted molar refractivity (Wildman–Crippen MR) is 119 cm³/mol. The number of aliphatic hydroxyl groups is 1. The molecule has 5 rings (SSSR count). The van der Waals surface area contributed by atoms with Gasteiger partial charge in [0.25, 0.3) is 0 Å². The highest BCUT2D eigenvalue weighted by molar-refractivity contribution is 5.83. The molecule has 1 unspecified atom stereocenters. The number of aliphatic hydroxyl groups excluding tert-OH is 1. The van der Waals surface area contributed by atoms with Crippen molar-refractivity contribution in [3.8, 4) is 5.95 Å². The first kappa shape index (κ1) is 18.8. The van der Waals surface area contributed by atoms with Crippen LogP contribution in [0.1, 0.15) is 35.5 Å². The minimum absolute atomic E-state index is 0.600. The molecule has 6 heteroatoms. The van der Waals surface area contributed by atoms with Crippen LogP contribution in [0.4, 0.5) is 5.82 Å². The number of fused-ring (bicyclic) bond motifs is 2. The minimum Gasteiger partial charge on any atom is -0.387 e. The zero-order valence-electron chi connectivity index (χ0n) is 17.0. The summed E-state index contributed by atoms with van der Waals surface area (Å²) in [6.45, 7) is 4.13. The molecular weight excluding hydrogens is 374 g/mol. The second-order valence-electron chi connectivity index (χ2n) is 7.70. The van der Waals surface area contributed by atoms with E-state index in [4.69, 9.17) is 9.97 Å². The maximum atomic E-state index is 10.4. The first-order valence-corrected chi connectivity index (χ1v) is 10.4. The summed E-state index contributed by atoms with van der Waals surface area (Å²) < 4.78 is 1.98. The number of hydrogen-bond acceptors (Lipinski definition) is 5. The molecule has 0 fully saturated rings. The molecule has 0 bridgehead atoms. The van der Waals surface area contributed by atoms with Crippen LogP contribution in [0.3, 0.4) is 0 Å². The second kappa shape index (κ2) is 7.89. The van der Waals surface area contributed by atoms with E-state index in [1.807, 2.05) is 47.0 Å². The van der Waals surface area contributed by atoms with Crippen molar-refractivity contribution in [2.75, 3.05) is 11.9 Å². The summed E-state index contributed by atoms with van der Waals surface area (Å²) in [4.78, 5) is 9.85. The highest BCUT2D eigenvalue weighted by Crippen LogP contribution is 2.29. The fraction of sp³-hybridized carbons (Fsp3) is 0.250. The largest absolute Gasteiger partial charge is 0.387 e. The first-order chi connectivity index (χ1) is 14.7. The summed E-state index contributed by atoms with van der Waals surface area (Å²) in [6, 6.07) is 20.4. The molecule has 2 aromatic carbocycles. The molecule has 1 aliphatic rings. The van der Waals surface area contributed by atoms with E-state index in [9.17, 15) is 5.11 Å². The maximum absolute atomic E-state index is 10.4. The SMILES string of the molecule is CC(O)c1cc2ccccc2n1-c1nc2c(c(NCc3ccccc3)n1)CNCC2. The maximum Gasteiger partial charge on any atom is 0.236 e. The lowest BCUT2D eigenvalue weighted by Crippen LogP contribution is -2.27. The normalized spacial score (nSPS) is 14.5. The molecule has 3 N–H and O–H groups in total. The molecule has 0 saturated carbocycles. The minimum atomic E-state index is -0.626. The topological polar surface area (TPSA) is 75.0 Å². The van der Waals surface area contributed by atoms with Crippen LogP contribution in [0.5, 0.6) is 0 Å². The average Bonchev–Trinajstić information content (AvgIpc) is 3.18. The lowest BCUT2D eigenvalue weighted by molar-refractivity contribution is 0.192. The molecule has 0 spiro atoms. The number of nitrogens with one attached hydrogen (secondary N) is 2. The third-order valence-electron chi connectivity index (χ3n) is 5.59. The van der Waals surface area contributed by atoms with Gasteiger partial charge in [0.15, 0.2) is 0 Å². The van der Waals surface area contributed by atoms with E-state index >= 15 is 0 Å². The van der Waals surface area contributed by atoms with Crippen molar-refractivity contribution < 1.29 is 5.11 Å². The smallest absolute Gasteiger partial charge is 0.236 e. The van der Waals surface area contributed by atoms with Crippen molar-refractivity contribution in [1.82, 2.24) is 19.9 Å². The van der Waals surface area contributed by atoms with Crippen molar-refractivity contribution >= 4 is 16.7 Å². The van der Waals surface area contributed by atoms with Gasteiger partial charge in [-0.05, 0) is 24.6 Å². The van der Waals surface area contributed by atoms with E-state index in [0.29, 0.717) is 12.5 Å². The van der Waals surface area contributed by atoms with Crippen LogP contribution in [0.2, 0.25) is 0 Å². The van der Waals surface area contributed by atoms with Crippen LogP contribution in [-0.2, 0) is 19.5 Å². The van der Waals surface area contributed by atoms with E-state index in [2.05, 4.69) is 28.8 Å². The van der Waals surface area contributed by atoms with Crippen LogP contribution in [-0.4, -0.2) is 26.2 Å². The lowest BCUT2D eigenvalue weighted by Gasteiger charge is -2.22. The Bertz CT molecular complexity index is 1180. The van der Waals surface area contributed by atoms with E-state index in [-0.39, 0.29) is 0 Å². The molecular formula is C24H25N5O. The lowest BCUT2D eigenvalue weighted by atomic mass is 10.1. The summed E-state index contributed by atoms with van der Waals surface area (Å²) in [6.07, 6.45) is 0.230. The van der Waals surface area contributed by atoms with Gasteiger partial charge in [0.05, 0.1) is 23.0 Å². The molecule has 4 aromatic rings. The Kier molecular flexibility index (Phi) is 4.94. The van der Waals surface area contributed by atoms with Crippen molar-refractivity contribution in [2.24, 2.45) is 0 Å². The Morgan fingerprint density at radius 1 is 1.10 bits per heavy atom. The van der Waals surface area contributed by atoms with Crippen LogP contribution in [0.15, 0.2) is 60.7 Å². The number of aromatic nitrogens is 3. The molecule has 6 nitrogen and oxygen atoms in total. The van der Waals surface area contributed by atoms with Gasteiger partial charge in [0, 0.05) is 37.0 Å². The zero-order chi connectivity index (χ0) is 20.5. The Morgan fingerprint density at radius 3 is 2.73 bits per heavy atom. The average molecular weight is 399 g/mol. The molecule has 0 amide bonds. The number of para-hydroxylation sites is 1. The van der Waals surface area contributed by atoms with E-state index in [1.54, 1.807) is 6.92 Å². The van der Waals surface area contributed by atoms with Gasteiger partial charge < -0.3 is 15.7 Å². The first-order valence-electron chi connectivity index (χ1n) is 10.4. The fourth-order valence-electron chi connectivity index (χ4n) is 4.06. The van der Waals surface area contributed by atoms with Gasteiger partial charge >= 0.3 is 0 Å². The molecule has 0 aliphatic carbocycles. The van der Waals surface area contributed by atoms with Crippen LogP contribution in [0, 0.1) is 0 Å². The fourth-order valence-corrected chi connectivity index (χ4v) is 4.06. The molecule has 30 heavy (non-hydrogen) atoms. The standard InChI is InChI=1S/C24H25N5O/c1-16(30)22-13-18-9-5-6-10-21(18)29(22)24-27-20-11-12-25-15-19(20)23(28-24)26-14-17-7-3-2-4-8-17/h2-10,13,16,25,30H,11-12,14-15H2,1H3,(H,26,27,28). The highest BCUT2D eigenvalue weighted by Gasteiger charge is 2.21. The van der Waals surface area contributed by atoms with Crippen molar-refractivity contribution in [1.29, 1.82) is 0 Å². The van der Waals surface area contributed by atoms with Crippen LogP contribution >= 0.6 is 0 Å². The van der Waals surface area contributed by atoms with Gasteiger partial charge in [-0.3, -0.25) is 4.57 Å². The number of hydrogen-bond donors (Lipinski definition) is 3. The Balaban J connectivity index is 1.63. The van der Waals surface area contributed by atoms with Gasteiger partial charge in [-0.1, -0.05) is 48.5 Å². The zero-order valence-corrected chi connectivity index (χ0v) is 17.0. The molecule has 152 valence electrons. The van der Waals surface area contributed by atoms with Crippen LogP contribution < -0.4 is 10.6 Å². The molecule has 0 radical (unpaired) electrons. The summed E-state index contributed by atoms with van der Waals surface area (Å²) in [5, 5.41) is 18.4. The third kappa shape index (κ3) is 3.44. The number of anilines is 1. The molecule has 2 aromatic heterocycles. The van der Waals surface area contributed by atoms with E-state index in [0.717, 1.165) is 53.2 Å². The van der Waals surface area contributed by atoms with Gasteiger partial charge in [-0.15, -0.1) is 0 Å². The quantitative estimate of drug-likeness (QED) is 0.477. The Morgan fingerprint density at radius 2 is 1.90 bits per heavy atom. The van der Waals surface area contributed by atoms with Crippen LogP contribution in [0.25, 0.3) is 16.9 Å². The summed E-state index contributed by atoms with van der Waals surface area (Å²) in [7, 11) is 0. The van der Waals surface area contributed by atoms with Crippen molar-refractivity contribution in [2.45, 2.75) is 32.5 Å². The predicted octanol–water partition coefficient (Wildman–Crippen LogP) is 3.73. The monoisotopic (exact) mass is 399 g/mol. The van der Waals surface area contributed by atoms with Gasteiger partial charge in [-0.25, -0.2) is 4.98 Å². The van der Waals surface area contributed by atoms with Gasteiger partial charge in [0.1, 0.15) is 5.82 Å². The molecule has 3 heterocycles. The second-order valence-corrected chi connectivity index (χ2v) is 7.70.